The van der Waals surface area contributed by atoms with Crippen LogP contribution in [0.1, 0.15) is 27.7 Å². The summed E-state index contributed by atoms with van der Waals surface area (Å²) in [4.78, 5) is 0. The molecule has 0 saturated heterocycles. The van der Waals surface area contributed by atoms with Crippen LogP contribution in [-0.4, -0.2) is 48.0 Å². The van der Waals surface area contributed by atoms with E-state index in [1.807, 2.05) is 27.7 Å². The second-order valence-electron chi connectivity index (χ2n) is 3.37. The fraction of sp³-hybridized carbons (Fsp3) is 1.00. The molecule has 0 unspecified atom stereocenters. The van der Waals surface area contributed by atoms with Crippen molar-refractivity contribution >= 4 is 17.1 Å². The molecule has 2 radical (unpaired) electrons. The molecule has 0 aliphatic carbocycles. The first-order chi connectivity index (χ1) is 8.61. The molecular formula is C11H25Cl4O5PSiTi. The molecule has 0 atom stereocenters. The van der Waals surface area contributed by atoms with E-state index in [1.54, 1.807) is 0 Å². The fourth-order valence-electron chi connectivity index (χ4n) is 1.35. The first-order valence-electron chi connectivity index (χ1n) is 6.46. The van der Waals surface area contributed by atoms with E-state index in [9.17, 15) is 4.57 Å². The Morgan fingerprint density at radius 3 is 1.52 bits per heavy atom. The number of ether oxygens (including phenoxy) is 2. The molecule has 0 rings (SSSR count). The van der Waals surface area contributed by atoms with Crippen LogP contribution in [0.25, 0.3) is 0 Å². The third-order valence-corrected chi connectivity index (χ3v) is 5.69. The van der Waals surface area contributed by atoms with Crippen LogP contribution in [-0.2, 0) is 44.8 Å². The molecule has 0 fully saturated rings. The topological polar surface area (TPSA) is 54.0 Å². The number of hydrogen-bond acceptors (Lipinski definition) is 5. The smallest absolute Gasteiger partial charge is 1.00 e. The van der Waals surface area contributed by atoms with Gasteiger partial charge in [0.05, 0.1) is 13.2 Å². The summed E-state index contributed by atoms with van der Waals surface area (Å²) < 4.78 is 33.5. The van der Waals surface area contributed by atoms with Crippen LogP contribution >= 0.6 is 7.60 Å². The summed E-state index contributed by atoms with van der Waals surface area (Å²) in [5.74, 6) is -0.197. The molecule has 0 bridgehead atoms. The monoisotopic (exact) mass is 484 g/mol. The van der Waals surface area contributed by atoms with Crippen molar-refractivity contribution in [1.82, 2.24) is 0 Å². The number of halogens is 4. The van der Waals surface area contributed by atoms with Gasteiger partial charge in [-0.25, -0.2) is 0 Å². The molecule has 5 nitrogen and oxygen atoms in total. The molecule has 12 heteroatoms. The van der Waals surface area contributed by atoms with Crippen molar-refractivity contribution in [1.29, 1.82) is 0 Å². The van der Waals surface area contributed by atoms with Crippen LogP contribution in [0, 0.1) is 0 Å². The minimum Gasteiger partial charge on any atom is -1.00 e. The standard InChI is InChI=1S/C11H25O5PSi.4ClH.Ti/c1-5-13-11(14-6-2)18-10-9-17(12,15-7-3)16-8-4;;;;;/h11H,5-10H2,1-4H3;4*1H;/q;;;;;+4/p-4. The van der Waals surface area contributed by atoms with Gasteiger partial charge in [0, 0.05) is 19.4 Å². The number of hydrogen-bond donors (Lipinski definition) is 0. The number of rotatable bonds is 12. The maximum atomic E-state index is 12.2. The maximum Gasteiger partial charge on any atom is 4.00 e. The van der Waals surface area contributed by atoms with Crippen molar-refractivity contribution in [2.45, 2.75) is 39.7 Å². The van der Waals surface area contributed by atoms with Gasteiger partial charge in [0.2, 0.25) is 0 Å². The average Bonchev–Trinajstić information content (AvgIpc) is 2.30. The largest absolute Gasteiger partial charge is 4.00 e. The molecule has 0 spiro atoms. The summed E-state index contributed by atoms with van der Waals surface area (Å²) in [7, 11) is -2.47. The van der Waals surface area contributed by atoms with Gasteiger partial charge in [-0.05, 0) is 33.7 Å². The molecule has 140 valence electrons. The summed E-state index contributed by atoms with van der Waals surface area (Å²) >= 11 is 0. The van der Waals surface area contributed by atoms with Crippen molar-refractivity contribution in [3.63, 3.8) is 0 Å². The molecule has 0 heterocycles. The molecule has 0 N–H and O–H groups in total. The molecule has 0 saturated carbocycles. The van der Waals surface area contributed by atoms with E-state index in [-0.39, 0.29) is 77.3 Å². The average molecular weight is 486 g/mol. The van der Waals surface area contributed by atoms with E-state index < -0.39 is 7.60 Å². The molecule has 0 aliphatic heterocycles. The Morgan fingerprint density at radius 2 is 1.22 bits per heavy atom. The van der Waals surface area contributed by atoms with Gasteiger partial charge in [0.1, 0.15) is 15.4 Å². The van der Waals surface area contributed by atoms with Crippen LogP contribution in [0.5, 0.6) is 0 Å². The molecule has 0 aromatic heterocycles. The molecular weight excluding hydrogens is 461 g/mol. The van der Waals surface area contributed by atoms with E-state index in [0.717, 1.165) is 6.04 Å². The SMILES string of the molecule is CCOC(OCC)[Si]CCP(=O)(OCC)OCC.[Cl-].[Cl-].[Cl-].[Cl-].[Ti+4]. The second kappa shape index (κ2) is 26.4. The Labute approximate surface area is 182 Å². The Bertz CT molecular complexity index is 244. The fourth-order valence-corrected chi connectivity index (χ4v) is 4.88. The maximum absolute atomic E-state index is 12.2. The molecule has 23 heavy (non-hydrogen) atoms. The molecule has 0 aromatic rings. The second-order valence-corrected chi connectivity index (χ2v) is 6.93. The van der Waals surface area contributed by atoms with Gasteiger partial charge in [-0.15, -0.1) is 0 Å². The van der Waals surface area contributed by atoms with Crippen LogP contribution in [0.2, 0.25) is 6.04 Å². The Hall–Kier alpha value is 2.16. The van der Waals surface area contributed by atoms with Gasteiger partial charge in [0.25, 0.3) is 0 Å². The third kappa shape index (κ3) is 22.1. The van der Waals surface area contributed by atoms with Crippen LogP contribution < -0.4 is 49.6 Å². The van der Waals surface area contributed by atoms with Crippen molar-refractivity contribution in [3.05, 3.63) is 0 Å². The van der Waals surface area contributed by atoms with Crippen LogP contribution in [0.15, 0.2) is 0 Å². The van der Waals surface area contributed by atoms with E-state index in [2.05, 4.69) is 0 Å². The van der Waals surface area contributed by atoms with Gasteiger partial charge in [0.15, 0.2) is 0 Å². The summed E-state index contributed by atoms with van der Waals surface area (Å²) in [5, 5.41) is 0. The predicted octanol–water partition coefficient (Wildman–Crippen LogP) is -9.25. The summed E-state index contributed by atoms with van der Waals surface area (Å²) in [5.41, 5.74) is 0. The molecule has 0 aliphatic rings. The van der Waals surface area contributed by atoms with E-state index in [1.165, 1.54) is 0 Å². The van der Waals surface area contributed by atoms with Crippen molar-refractivity contribution in [3.8, 4) is 0 Å². The van der Waals surface area contributed by atoms with Crippen molar-refractivity contribution in [2.75, 3.05) is 32.6 Å². The quantitative estimate of drug-likeness (QED) is 0.156. The van der Waals surface area contributed by atoms with Gasteiger partial charge in [-0.2, -0.15) is 0 Å². The summed E-state index contributed by atoms with van der Waals surface area (Å²) in [6.45, 7) is 9.54. The zero-order valence-corrected chi connectivity index (χ0v) is 20.3. The van der Waals surface area contributed by atoms with Crippen LogP contribution in [0.4, 0.5) is 0 Å². The zero-order chi connectivity index (χ0) is 13.9. The zero-order valence-electron chi connectivity index (χ0n) is 13.8. The Morgan fingerprint density at radius 1 is 0.826 bits per heavy atom. The molecule has 0 amide bonds. The van der Waals surface area contributed by atoms with Gasteiger partial charge < -0.3 is 68.1 Å². The van der Waals surface area contributed by atoms with Crippen molar-refractivity contribution < 1.29 is 94.4 Å². The summed E-state index contributed by atoms with van der Waals surface area (Å²) in [6, 6.07) is 0.724. The first-order valence-corrected chi connectivity index (χ1v) is 9.47. The third-order valence-electron chi connectivity index (χ3n) is 1.98. The molecule has 0 aromatic carbocycles. The van der Waals surface area contributed by atoms with Crippen LogP contribution in [0.3, 0.4) is 0 Å². The first kappa shape index (κ1) is 40.0. The van der Waals surface area contributed by atoms with E-state index >= 15 is 0 Å². The summed E-state index contributed by atoms with van der Waals surface area (Å²) in [6.07, 6.45) is 0.420. The van der Waals surface area contributed by atoms with Crippen molar-refractivity contribution in [2.24, 2.45) is 0 Å². The van der Waals surface area contributed by atoms with Gasteiger partial charge >= 0.3 is 29.3 Å². The minimum absolute atomic E-state index is 0. The van der Waals surface area contributed by atoms with E-state index in [0.29, 0.717) is 42.1 Å². The van der Waals surface area contributed by atoms with Gasteiger partial charge in [-0.1, -0.05) is 0 Å². The Kier molecular flexibility index (Phi) is 45.9. The minimum atomic E-state index is -2.92. The predicted molar refractivity (Wildman–Crippen MR) is 73.3 cm³/mol. The van der Waals surface area contributed by atoms with E-state index in [4.69, 9.17) is 18.5 Å². The Balaban J connectivity index is -0.000000144. The van der Waals surface area contributed by atoms with Gasteiger partial charge in [-0.3, -0.25) is 4.57 Å². The normalized spacial score (nSPS) is 9.61.